The molecule has 0 saturated heterocycles. The summed E-state index contributed by atoms with van der Waals surface area (Å²) in [5.74, 6) is 0.743. The highest BCUT2D eigenvalue weighted by atomic mass is 16.3. The van der Waals surface area contributed by atoms with Crippen LogP contribution in [-0.4, -0.2) is 21.7 Å². The molecule has 1 unspecified atom stereocenters. The van der Waals surface area contributed by atoms with E-state index in [4.69, 9.17) is 10.2 Å². The van der Waals surface area contributed by atoms with Crippen LogP contribution in [-0.2, 0) is 13.0 Å². The van der Waals surface area contributed by atoms with E-state index >= 15 is 0 Å². The standard InChI is InChI=1S/C15H22N4O2/c1-4-19-14(13(16)11(3)18-19)15(20)17-10(2)7-8-12-6-5-9-21-12/h5-6,9-10H,4,7-8,16H2,1-3H3,(H,17,20). The number of carbonyl (C=O) groups excluding carboxylic acids is 1. The van der Waals surface area contributed by atoms with Gasteiger partial charge in [0.15, 0.2) is 0 Å². The van der Waals surface area contributed by atoms with Gasteiger partial charge in [0.05, 0.1) is 17.6 Å². The van der Waals surface area contributed by atoms with Crippen LogP contribution in [0.5, 0.6) is 0 Å². The van der Waals surface area contributed by atoms with E-state index in [-0.39, 0.29) is 11.9 Å². The predicted octanol–water partition coefficient (Wildman–Crippen LogP) is 2.14. The van der Waals surface area contributed by atoms with Crippen molar-refractivity contribution in [2.75, 3.05) is 5.73 Å². The lowest BCUT2D eigenvalue weighted by Crippen LogP contribution is -2.34. The molecule has 0 aliphatic carbocycles. The van der Waals surface area contributed by atoms with Crippen LogP contribution in [0.3, 0.4) is 0 Å². The van der Waals surface area contributed by atoms with Crippen LogP contribution < -0.4 is 11.1 Å². The van der Waals surface area contributed by atoms with E-state index in [0.717, 1.165) is 18.6 Å². The summed E-state index contributed by atoms with van der Waals surface area (Å²) in [6.45, 7) is 6.32. The highest BCUT2D eigenvalue weighted by Crippen LogP contribution is 2.16. The third kappa shape index (κ3) is 3.45. The molecule has 2 heterocycles. The zero-order valence-electron chi connectivity index (χ0n) is 12.7. The van der Waals surface area contributed by atoms with Gasteiger partial charge in [0.1, 0.15) is 11.5 Å². The monoisotopic (exact) mass is 290 g/mol. The number of hydrogen-bond donors (Lipinski definition) is 2. The molecule has 1 amide bonds. The fraction of sp³-hybridized carbons (Fsp3) is 0.467. The van der Waals surface area contributed by atoms with Gasteiger partial charge < -0.3 is 15.5 Å². The molecule has 3 N–H and O–H groups in total. The number of aromatic nitrogens is 2. The fourth-order valence-electron chi connectivity index (χ4n) is 2.24. The van der Waals surface area contributed by atoms with Crippen LogP contribution in [0.2, 0.25) is 0 Å². The van der Waals surface area contributed by atoms with E-state index in [1.807, 2.05) is 26.0 Å². The highest BCUT2D eigenvalue weighted by molar-refractivity contribution is 5.98. The van der Waals surface area contributed by atoms with Crippen LogP contribution >= 0.6 is 0 Å². The molecule has 6 nitrogen and oxygen atoms in total. The Balaban J connectivity index is 1.97. The normalized spacial score (nSPS) is 12.3. The molecule has 0 aliphatic rings. The Morgan fingerprint density at radius 2 is 2.33 bits per heavy atom. The number of aryl methyl sites for hydroxylation is 3. The van der Waals surface area contributed by atoms with Crippen LogP contribution in [0.15, 0.2) is 22.8 Å². The quantitative estimate of drug-likeness (QED) is 0.853. The van der Waals surface area contributed by atoms with E-state index in [0.29, 0.717) is 23.6 Å². The van der Waals surface area contributed by atoms with Crippen LogP contribution in [0, 0.1) is 6.92 Å². The first-order valence-corrected chi connectivity index (χ1v) is 7.19. The Hall–Kier alpha value is -2.24. The number of nitrogens with one attached hydrogen (secondary N) is 1. The number of hydrogen-bond acceptors (Lipinski definition) is 4. The molecular formula is C15H22N4O2. The number of amides is 1. The van der Waals surface area contributed by atoms with Crippen molar-refractivity contribution in [3.05, 3.63) is 35.5 Å². The maximum absolute atomic E-state index is 12.4. The molecule has 114 valence electrons. The van der Waals surface area contributed by atoms with Crippen molar-refractivity contribution in [2.24, 2.45) is 0 Å². The Kier molecular flexibility index (Phi) is 4.67. The highest BCUT2D eigenvalue weighted by Gasteiger charge is 2.20. The van der Waals surface area contributed by atoms with Gasteiger partial charge in [-0.2, -0.15) is 5.10 Å². The van der Waals surface area contributed by atoms with Gasteiger partial charge in [-0.15, -0.1) is 0 Å². The topological polar surface area (TPSA) is 86.1 Å². The lowest BCUT2D eigenvalue weighted by Gasteiger charge is -2.14. The first kappa shape index (κ1) is 15.2. The van der Waals surface area contributed by atoms with Crippen molar-refractivity contribution >= 4 is 11.6 Å². The van der Waals surface area contributed by atoms with Gasteiger partial charge >= 0.3 is 0 Å². The second-order valence-electron chi connectivity index (χ2n) is 5.16. The summed E-state index contributed by atoms with van der Waals surface area (Å²) in [6, 6.07) is 3.83. The molecular weight excluding hydrogens is 268 g/mol. The van der Waals surface area contributed by atoms with Gasteiger partial charge in [0.25, 0.3) is 5.91 Å². The van der Waals surface area contributed by atoms with Gasteiger partial charge in [-0.05, 0) is 39.3 Å². The van der Waals surface area contributed by atoms with E-state index in [2.05, 4.69) is 10.4 Å². The molecule has 0 radical (unpaired) electrons. The Morgan fingerprint density at radius 1 is 1.57 bits per heavy atom. The molecule has 0 spiro atoms. The molecule has 0 aliphatic heterocycles. The zero-order valence-corrected chi connectivity index (χ0v) is 12.7. The summed E-state index contributed by atoms with van der Waals surface area (Å²) in [6.07, 6.45) is 3.25. The van der Waals surface area contributed by atoms with E-state index in [1.165, 1.54) is 0 Å². The number of furan rings is 1. The van der Waals surface area contributed by atoms with Gasteiger partial charge in [-0.1, -0.05) is 0 Å². The van der Waals surface area contributed by atoms with Crippen molar-refractivity contribution in [3.8, 4) is 0 Å². The van der Waals surface area contributed by atoms with Crippen molar-refractivity contribution in [1.29, 1.82) is 0 Å². The Morgan fingerprint density at radius 3 is 2.95 bits per heavy atom. The summed E-state index contributed by atoms with van der Waals surface area (Å²) in [7, 11) is 0. The number of nitrogens with zero attached hydrogens (tertiary/aromatic N) is 2. The first-order chi connectivity index (χ1) is 10.0. The average molecular weight is 290 g/mol. The second kappa shape index (κ2) is 6.47. The second-order valence-corrected chi connectivity index (χ2v) is 5.16. The third-order valence-corrected chi connectivity index (χ3v) is 3.47. The molecule has 0 fully saturated rings. The molecule has 21 heavy (non-hydrogen) atoms. The van der Waals surface area contributed by atoms with Crippen molar-refractivity contribution in [2.45, 2.75) is 46.2 Å². The summed E-state index contributed by atoms with van der Waals surface area (Å²) in [5.41, 5.74) is 7.53. The molecule has 0 bridgehead atoms. The summed E-state index contributed by atoms with van der Waals surface area (Å²) < 4.78 is 6.92. The molecule has 6 heteroatoms. The molecule has 0 saturated carbocycles. The number of carbonyl (C=O) groups is 1. The molecule has 2 aromatic rings. The number of rotatable bonds is 6. The maximum atomic E-state index is 12.4. The summed E-state index contributed by atoms with van der Waals surface area (Å²) in [4.78, 5) is 12.4. The third-order valence-electron chi connectivity index (χ3n) is 3.47. The minimum Gasteiger partial charge on any atom is -0.469 e. The number of nitrogens with two attached hydrogens (primary N) is 1. The van der Waals surface area contributed by atoms with Gasteiger partial charge in [0.2, 0.25) is 0 Å². The predicted molar refractivity (Wildman–Crippen MR) is 81.0 cm³/mol. The number of anilines is 1. The fourth-order valence-corrected chi connectivity index (χ4v) is 2.24. The van der Waals surface area contributed by atoms with Crippen LogP contribution in [0.1, 0.15) is 42.2 Å². The smallest absolute Gasteiger partial charge is 0.271 e. The molecule has 1 atom stereocenters. The minimum atomic E-state index is -0.179. The van der Waals surface area contributed by atoms with Gasteiger partial charge in [-0.3, -0.25) is 9.48 Å². The van der Waals surface area contributed by atoms with Gasteiger partial charge in [-0.25, -0.2) is 0 Å². The maximum Gasteiger partial charge on any atom is 0.271 e. The summed E-state index contributed by atoms with van der Waals surface area (Å²) >= 11 is 0. The Bertz CT molecular complexity index is 601. The lowest BCUT2D eigenvalue weighted by atomic mass is 10.1. The lowest BCUT2D eigenvalue weighted by molar-refractivity contribution is 0.0928. The van der Waals surface area contributed by atoms with E-state index in [9.17, 15) is 4.79 Å². The molecule has 2 rings (SSSR count). The van der Waals surface area contributed by atoms with Crippen LogP contribution in [0.25, 0.3) is 0 Å². The largest absolute Gasteiger partial charge is 0.469 e. The van der Waals surface area contributed by atoms with E-state index < -0.39 is 0 Å². The summed E-state index contributed by atoms with van der Waals surface area (Å²) in [5, 5.41) is 7.23. The average Bonchev–Trinajstić information content (AvgIpc) is 3.05. The van der Waals surface area contributed by atoms with Crippen LogP contribution in [0.4, 0.5) is 5.69 Å². The van der Waals surface area contributed by atoms with Crippen molar-refractivity contribution < 1.29 is 9.21 Å². The zero-order chi connectivity index (χ0) is 15.4. The van der Waals surface area contributed by atoms with E-state index in [1.54, 1.807) is 17.9 Å². The molecule has 2 aromatic heterocycles. The van der Waals surface area contributed by atoms with Gasteiger partial charge in [0, 0.05) is 19.0 Å². The number of nitrogen functional groups attached to an aromatic ring is 1. The minimum absolute atomic E-state index is 0.0301. The Labute approximate surface area is 124 Å². The van der Waals surface area contributed by atoms with Crippen molar-refractivity contribution in [1.82, 2.24) is 15.1 Å². The van der Waals surface area contributed by atoms with Crippen molar-refractivity contribution in [3.63, 3.8) is 0 Å². The SMILES string of the molecule is CCn1nc(C)c(N)c1C(=O)NC(C)CCc1ccco1. The first-order valence-electron chi connectivity index (χ1n) is 7.19. The molecule has 0 aromatic carbocycles.